The van der Waals surface area contributed by atoms with Crippen molar-refractivity contribution in [2.45, 2.75) is 0 Å². The molecule has 0 aliphatic heterocycles. The van der Waals surface area contributed by atoms with E-state index in [9.17, 15) is 14.4 Å². The van der Waals surface area contributed by atoms with Gasteiger partial charge in [-0.3, -0.25) is 14.7 Å². The SMILES string of the molecule is O=C(O)c1cc(NC(=O)c2c[nH]ccc2=O)n[nH]1. The summed E-state index contributed by atoms with van der Waals surface area (Å²) in [6, 6.07) is 2.36. The number of aromatic nitrogens is 3. The van der Waals surface area contributed by atoms with Crippen LogP contribution in [-0.4, -0.2) is 32.2 Å². The molecule has 8 heteroatoms. The Labute approximate surface area is 99.7 Å². The van der Waals surface area contributed by atoms with Gasteiger partial charge in [-0.15, -0.1) is 0 Å². The van der Waals surface area contributed by atoms with Gasteiger partial charge >= 0.3 is 5.97 Å². The normalized spacial score (nSPS) is 10.0. The van der Waals surface area contributed by atoms with E-state index in [0.29, 0.717) is 0 Å². The number of H-pyrrole nitrogens is 2. The molecule has 2 aromatic heterocycles. The fraction of sp³-hybridized carbons (Fsp3) is 0. The van der Waals surface area contributed by atoms with Crippen molar-refractivity contribution in [3.05, 3.63) is 46.0 Å². The van der Waals surface area contributed by atoms with Gasteiger partial charge in [-0.05, 0) is 0 Å². The molecule has 0 aliphatic rings. The Kier molecular flexibility index (Phi) is 2.92. The summed E-state index contributed by atoms with van der Waals surface area (Å²) in [7, 11) is 0. The average molecular weight is 248 g/mol. The lowest BCUT2D eigenvalue weighted by Gasteiger charge is -1.99. The Morgan fingerprint density at radius 3 is 2.78 bits per heavy atom. The Balaban J connectivity index is 2.19. The largest absolute Gasteiger partial charge is 0.477 e. The highest BCUT2D eigenvalue weighted by atomic mass is 16.4. The molecule has 0 saturated heterocycles. The van der Waals surface area contributed by atoms with Crippen LogP contribution in [0.3, 0.4) is 0 Å². The number of carbonyl (C=O) groups is 2. The van der Waals surface area contributed by atoms with Crippen molar-refractivity contribution in [1.82, 2.24) is 15.2 Å². The summed E-state index contributed by atoms with van der Waals surface area (Å²) in [5.74, 6) is -1.83. The molecule has 0 fully saturated rings. The van der Waals surface area contributed by atoms with Crippen LogP contribution in [0.4, 0.5) is 5.82 Å². The summed E-state index contributed by atoms with van der Waals surface area (Å²) in [5, 5.41) is 16.8. The van der Waals surface area contributed by atoms with Crippen LogP contribution in [0.25, 0.3) is 0 Å². The number of nitrogens with one attached hydrogen (secondary N) is 3. The predicted octanol–water partition coefficient (Wildman–Crippen LogP) is 0.0485. The van der Waals surface area contributed by atoms with Crippen molar-refractivity contribution in [2.24, 2.45) is 0 Å². The minimum atomic E-state index is -1.19. The lowest BCUT2D eigenvalue weighted by atomic mass is 10.2. The van der Waals surface area contributed by atoms with Gasteiger partial charge in [0.15, 0.2) is 11.2 Å². The number of hydrogen-bond acceptors (Lipinski definition) is 4. The van der Waals surface area contributed by atoms with E-state index in [0.717, 1.165) is 6.07 Å². The zero-order valence-electron chi connectivity index (χ0n) is 8.93. The van der Waals surface area contributed by atoms with E-state index in [4.69, 9.17) is 5.11 Å². The highest BCUT2D eigenvalue weighted by molar-refractivity contribution is 6.03. The smallest absolute Gasteiger partial charge is 0.353 e. The zero-order valence-corrected chi connectivity index (χ0v) is 8.93. The fourth-order valence-electron chi connectivity index (χ4n) is 1.27. The lowest BCUT2D eigenvalue weighted by molar-refractivity contribution is 0.0690. The van der Waals surface area contributed by atoms with Gasteiger partial charge in [-0.1, -0.05) is 0 Å². The van der Waals surface area contributed by atoms with Gasteiger partial charge in [0.05, 0.1) is 0 Å². The molecule has 0 aliphatic carbocycles. The van der Waals surface area contributed by atoms with E-state index < -0.39 is 17.3 Å². The third kappa shape index (κ3) is 2.26. The summed E-state index contributed by atoms with van der Waals surface area (Å²) in [6.07, 6.45) is 2.65. The van der Waals surface area contributed by atoms with Crippen LogP contribution in [0.2, 0.25) is 0 Å². The number of nitrogens with zero attached hydrogens (tertiary/aromatic N) is 1. The molecule has 2 heterocycles. The number of rotatable bonds is 3. The van der Waals surface area contributed by atoms with Gasteiger partial charge in [-0.2, -0.15) is 5.10 Å². The molecule has 18 heavy (non-hydrogen) atoms. The minimum absolute atomic E-state index is 0.0284. The van der Waals surface area contributed by atoms with Crippen LogP contribution in [0.15, 0.2) is 29.3 Å². The van der Waals surface area contributed by atoms with E-state index in [1.165, 1.54) is 18.5 Å². The molecular formula is C10H8N4O4. The summed E-state index contributed by atoms with van der Waals surface area (Å²) in [5.41, 5.74) is -0.690. The number of carboxylic acids is 1. The monoisotopic (exact) mass is 248 g/mol. The first-order valence-electron chi connectivity index (χ1n) is 4.85. The highest BCUT2D eigenvalue weighted by Crippen LogP contribution is 2.06. The molecule has 2 rings (SSSR count). The molecular weight excluding hydrogens is 240 g/mol. The topological polar surface area (TPSA) is 128 Å². The molecule has 0 unspecified atom stereocenters. The van der Waals surface area contributed by atoms with Crippen molar-refractivity contribution in [3.8, 4) is 0 Å². The van der Waals surface area contributed by atoms with Crippen molar-refractivity contribution in [1.29, 1.82) is 0 Å². The van der Waals surface area contributed by atoms with Crippen LogP contribution in [0, 0.1) is 0 Å². The van der Waals surface area contributed by atoms with Crippen LogP contribution >= 0.6 is 0 Å². The van der Waals surface area contributed by atoms with E-state index in [1.54, 1.807) is 0 Å². The van der Waals surface area contributed by atoms with E-state index in [2.05, 4.69) is 20.5 Å². The first-order chi connectivity index (χ1) is 8.58. The average Bonchev–Trinajstić information content (AvgIpc) is 2.78. The van der Waals surface area contributed by atoms with Gasteiger partial charge in [0.25, 0.3) is 5.91 Å². The second kappa shape index (κ2) is 4.53. The lowest BCUT2D eigenvalue weighted by Crippen LogP contribution is -2.20. The third-order valence-corrected chi connectivity index (χ3v) is 2.12. The minimum Gasteiger partial charge on any atom is -0.477 e. The van der Waals surface area contributed by atoms with Gasteiger partial charge in [0.1, 0.15) is 11.3 Å². The van der Waals surface area contributed by atoms with Gasteiger partial charge in [0, 0.05) is 24.5 Å². The maximum Gasteiger partial charge on any atom is 0.353 e. The standard InChI is InChI=1S/C10H8N4O4/c15-7-1-2-11-4-5(7)9(16)12-8-3-6(10(17)18)13-14-8/h1-4H,(H,11,15)(H,17,18)(H2,12,13,14,16). The number of hydrogen-bond donors (Lipinski definition) is 4. The van der Waals surface area contributed by atoms with Crippen molar-refractivity contribution in [2.75, 3.05) is 5.32 Å². The van der Waals surface area contributed by atoms with Crippen LogP contribution in [-0.2, 0) is 0 Å². The van der Waals surface area contributed by atoms with Gasteiger partial charge in [-0.25, -0.2) is 4.79 Å². The Bertz CT molecular complexity index is 658. The number of aromatic carboxylic acids is 1. The molecule has 0 bridgehead atoms. The first-order valence-corrected chi connectivity index (χ1v) is 4.85. The third-order valence-electron chi connectivity index (χ3n) is 2.12. The van der Waals surface area contributed by atoms with Crippen LogP contribution < -0.4 is 10.7 Å². The maximum atomic E-state index is 11.7. The summed E-state index contributed by atoms with van der Waals surface area (Å²) < 4.78 is 0. The quantitative estimate of drug-likeness (QED) is 0.610. The van der Waals surface area contributed by atoms with Crippen LogP contribution in [0.1, 0.15) is 20.8 Å². The van der Waals surface area contributed by atoms with Gasteiger partial charge < -0.3 is 15.4 Å². The molecule has 1 amide bonds. The molecule has 0 saturated carbocycles. The number of amides is 1. The summed E-state index contributed by atoms with van der Waals surface area (Å²) >= 11 is 0. The molecule has 0 atom stereocenters. The zero-order chi connectivity index (χ0) is 13.1. The predicted molar refractivity (Wildman–Crippen MR) is 60.6 cm³/mol. The molecule has 0 aromatic carbocycles. The van der Waals surface area contributed by atoms with Crippen molar-refractivity contribution < 1.29 is 14.7 Å². The Hall–Kier alpha value is -2.90. The van der Waals surface area contributed by atoms with Crippen molar-refractivity contribution in [3.63, 3.8) is 0 Å². The Morgan fingerprint density at radius 2 is 2.17 bits per heavy atom. The maximum absolute atomic E-state index is 11.7. The molecule has 0 spiro atoms. The fourth-order valence-corrected chi connectivity index (χ4v) is 1.27. The van der Waals surface area contributed by atoms with Crippen LogP contribution in [0.5, 0.6) is 0 Å². The molecule has 4 N–H and O–H groups in total. The number of carbonyl (C=O) groups excluding carboxylic acids is 1. The van der Waals surface area contributed by atoms with E-state index in [1.807, 2.05) is 0 Å². The number of carboxylic acid groups (broad SMARTS) is 1. The summed E-state index contributed by atoms with van der Waals surface area (Å²) in [6.45, 7) is 0. The molecule has 0 radical (unpaired) electrons. The van der Waals surface area contributed by atoms with E-state index in [-0.39, 0.29) is 17.1 Å². The molecule has 92 valence electrons. The molecule has 2 aromatic rings. The van der Waals surface area contributed by atoms with E-state index >= 15 is 0 Å². The first kappa shape index (κ1) is 11.6. The second-order valence-corrected chi connectivity index (χ2v) is 3.35. The van der Waals surface area contributed by atoms with Gasteiger partial charge in [0.2, 0.25) is 0 Å². The highest BCUT2D eigenvalue weighted by Gasteiger charge is 2.13. The number of aromatic amines is 2. The number of pyridine rings is 1. The second-order valence-electron chi connectivity index (χ2n) is 3.35. The Morgan fingerprint density at radius 1 is 1.39 bits per heavy atom. The summed E-state index contributed by atoms with van der Waals surface area (Å²) in [4.78, 5) is 36.2. The number of anilines is 1. The van der Waals surface area contributed by atoms with Crippen molar-refractivity contribution >= 4 is 17.7 Å². The molecule has 8 nitrogen and oxygen atoms in total.